The molecule has 1 saturated carbocycles. The van der Waals surface area contributed by atoms with Crippen molar-refractivity contribution in [1.82, 2.24) is 10.2 Å². The van der Waals surface area contributed by atoms with Crippen molar-refractivity contribution in [2.45, 2.75) is 52.1 Å². The molecule has 5 heteroatoms. The fraction of sp³-hybridized carbons (Fsp3) is 0.857. The standard InChI is InChI=1S/C14H27N3O2/c1-5-17(4)14(19)10(3)16-13(18)12-9(2)7-6-8-11(12)15/h9-12H,5-8,15H2,1-4H3,(H,16,18). The van der Waals surface area contributed by atoms with Crippen molar-refractivity contribution >= 4 is 11.8 Å². The predicted molar refractivity (Wildman–Crippen MR) is 75.4 cm³/mol. The molecular formula is C14H27N3O2. The first kappa shape index (κ1) is 16.0. The number of hydrogen-bond donors (Lipinski definition) is 2. The van der Waals surface area contributed by atoms with Crippen LogP contribution in [0, 0.1) is 11.8 Å². The molecule has 4 atom stereocenters. The summed E-state index contributed by atoms with van der Waals surface area (Å²) in [6.07, 6.45) is 3.00. The molecule has 1 aliphatic carbocycles. The zero-order valence-electron chi connectivity index (χ0n) is 12.5. The number of hydrogen-bond acceptors (Lipinski definition) is 3. The maximum absolute atomic E-state index is 12.3. The van der Waals surface area contributed by atoms with E-state index in [-0.39, 0.29) is 29.7 Å². The molecule has 0 aliphatic heterocycles. The molecular weight excluding hydrogens is 242 g/mol. The van der Waals surface area contributed by atoms with E-state index in [1.165, 1.54) is 0 Å². The van der Waals surface area contributed by atoms with Crippen LogP contribution in [-0.4, -0.2) is 42.4 Å². The van der Waals surface area contributed by atoms with E-state index in [1.54, 1.807) is 18.9 Å². The summed E-state index contributed by atoms with van der Waals surface area (Å²) in [4.78, 5) is 25.8. The van der Waals surface area contributed by atoms with Gasteiger partial charge in [-0.2, -0.15) is 0 Å². The third-order valence-electron chi connectivity index (χ3n) is 4.15. The summed E-state index contributed by atoms with van der Waals surface area (Å²) in [6, 6.07) is -0.575. The average molecular weight is 269 g/mol. The Morgan fingerprint density at radius 3 is 2.58 bits per heavy atom. The van der Waals surface area contributed by atoms with Gasteiger partial charge in [0, 0.05) is 19.6 Å². The van der Waals surface area contributed by atoms with Gasteiger partial charge in [0.25, 0.3) is 0 Å². The SMILES string of the molecule is CCN(C)C(=O)C(C)NC(=O)C1C(C)CCCC1N. The summed E-state index contributed by atoms with van der Waals surface area (Å²) in [5.74, 6) is -0.0242. The Hall–Kier alpha value is -1.10. The Labute approximate surface area is 115 Å². The summed E-state index contributed by atoms with van der Waals surface area (Å²) in [5, 5.41) is 2.82. The lowest BCUT2D eigenvalue weighted by molar-refractivity contribution is -0.137. The number of nitrogens with zero attached hydrogens (tertiary/aromatic N) is 1. The number of carbonyl (C=O) groups is 2. The first-order valence-electron chi connectivity index (χ1n) is 7.19. The van der Waals surface area contributed by atoms with Crippen LogP contribution in [-0.2, 0) is 9.59 Å². The van der Waals surface area contributed by atoms with Gasteiger partial charge in [-0.25, -0.2) is 0 Å². The summed E-state index contributed by atoms with van der Waals surface area (Å²) >= 11 is 0. The number of carbonyl (C=O) groups excluding carboxylic acids is 2. The van der Waals surface area contributed by atoms with E-state index >= 15 is 0 Å². The molecule has 4 unspecified atom stereocenters. The highest BCUT2D eigenvalue weighted by Crippen LogP contribution is 2.29. The first-order chi connectivity index (χ1) is 8.88. The van der Waals surface area contributed by atoms with E-state index in [4.69, 9.17) is 5.73 Å². The number of amides is 2. The van der Waals surface area contributed by atoms with Crippen LogP contribution < -0.4 is 11.1 Å². The van der Waals surface area contributed by atoms with Gasteiger partial charge in [-0.05, 0) is 32.6 Å². The molecule has 0 radical (unpaired) electrons. The summed E-state index contributed by atoms with van der Waals surface area (Å²) in [7, 11) is 1.74. The van der Waals surface area contributed by atoms with Crippen molar-refractivity contribution in [2.24, 2.45) is 17.6 Å². The Balaban J connectivity index is 2.60. The maximum Gasteiger partial charge on any atom is 0.244 e. The third-order valence-corrected chi connectivity index (χ3v) is 4.15. The van der Waals surface area contributed by atoms with Gasteiger partial charge in [0.2, 0.25) is 11.8 Å². The van der Waals surface area contributed by atoms with E-state index < -0.39 is 6.04 Å². The van der Waals surface area contributed by atoms with Crippen molar-refractivity contribution in [2.75, 3.05) is 13.6 Å². The lowest BCUT2D eigenvalue weighted by Crippen LogP contribution is -2.52. The molecule has 0 aromatic heterocycles. The molecule has 0 aromatic rings. The zero-order chi connectivity index (χ0) is 14.6. The van der Waals surface area contributed by atoms with Gasteiger partial charge in [-0.15, -0.1) is 0 Å². The minimum Gasteiger partial charge on any atom is -0.344 e. The highest BCUT2D eigenvalue weighted by atomic mass is 16.2. The monoisotopic (exact) mass is 269 g/mol. The number of nitrogens with one attached hydrogen (secondary N) is 1. The second kappa shape index (κ2) is 6.89. The van der Waals surface area contributed by atoms with Gasteiger partial charge in [-0.3, -0.25) is 9.59 Å². The quantitative estimate of drug-likeness (QED) is 0.790. The number of likely N-dealkylation sites (N-methyl/N-ethyl adjacent to an activating group) is 1. The van der Waals surface area contributed by atoms with Gasteiger partial charge in [-0.1, -0.05) is 13.3 Å². The van der Waals surface area contributed by atoms with E-state index in [0.717, 1.165) is 19.3 Å². The zero-order valence-corrected chi connectivity index (χ0v) is 12.5. The van der Waals surface area contributed by atoms with Gasteiger partial charge in [0.1, 0.15) is 6.04 Å². The molecule has 0 saturated heterocycles. The van der Waals surface area contributed by atoms with Gasteiger partial charge in [0.15, 0.2) is 0 Å². The highest BCUT2D eigenvalue weighted by molar-refractivity contribution is 5.88. The Morgan fingerprint density at radius 2 is 2.05 bits per heavy atom. The van der Waals surface area contributed by atoms with E-state index in [0.29, 0.717) is 6.54 Å². The highest BCUT2D eigenvalue weighted by Gasteiger charge is 2.35. The summed E-state index contributed by atoms with van der Waals surface area (Å²) in [6.45, 7) is 6.34. The third kappa shape index (κ3) is 3.93. The van der Waals surface area contributed by atoms with E-state index in [2.05, 4.69) is 12.2 Å². The predicted octanol–water partition coefficient (Wildman–Crippen LogP) is 0.733. The van der Waals surface area contributed by atoms with Gasteiger partial charge >= 0.3 is 0 Å². The van der Waals surface area contributed by atoms with Crippen LogP contribution in [0.2, 0.25) is 0 Å². The van der Waals surface area contributed by atoms with Crippen molar-refractivity contribution < 1.29 is 9.59 Å². The molecule has 0 aromatic carbocycles. The Morgan fingerprint density at radius 1 is 1.42 bits per heavy atom. The van der Waals surface area contributed by atoms with Crippen LogP contribution >= 0.6 is 0 Å². The van der Waals surface area contributed by atoms with E-state index in [9.17, 15) is 9.59 Å². The second-order valence-corrected chi connectivity index (χ2v) is 5.68. The van der Waals surface area contributed by atoms with Crippen LogP contribution in [0.3, 0.4) is 0 Å². The van der Waals surface area contributed by atoms with Crippen LogP contribution in [0.5, 0.6) is 0 Å². The second-order valence-electron chi connectivity index (χ2n) is 5.68. The fourth-order valence-electron chi connectivity index (χ4n) is 2.77. The molecule has 110 valence electrons. The maximum atomic E-state index is 12.3. The summed E-state index contributed by atoms with van der Waals surface area (Å²) < 4.78 is 0. The van der Waals surface area contributed by atoms with Crippen molar-refractivity contribution in [3.8, 4) is 0 Å². The molecule has 19 heavy (non-hydrogen) atoms. The average Bonchev–Trinajstić information content (AvgIpc) is 2.36. The summed E-state index contributed by atoms with van der Waals surface area (Å²) in [5.41, 5.74) is 6.05. The van der Waals surface area contributed by atoms with Crippen LogP contribution in [0.25, 0.3) is 0 Å². The lowest BCUT2D eigenvalue weighted by atomic mass is 9.76. The Bertz CT molecular complexity index is 323. The normalized spacial score (nSPS) is 28.6. The topological polar surface area (TPSA) is 75.4 Å². The molecule has 1 rings (SSSR count). The molecule has 2 amide bonds. The van der Waals surface area contributed by atoms with E-state index in [1.807, 2.05) is 6.92 Å². The molecule has 1 aliphatic rings. The minimum atomic E-state index is -0.487. The van der Waals surface area contributed by atoms with Crippen LogP contribution in [0.15, 0.2) is 0 Å². The Kier molecular flexibility index (Phi) is 5.79. The minimum absolute atomic E-state index is 0.0621. The van der Waals surface area contributed by atoms with Crippen molar-refractivity contribution in [1.29, 1.82) is 0 Å². The van der Waals surface area contributed by atoms with Gasteiger partial charge < -0.3 is 16.0 Å². The fourth-order valence-corrected chi connectivity index (χ4v) is 2.77. The van der Waals surface area contributed by atoms with Crippen molar-refractivity contribution in [3.05, 3.63) is 0 Å². The molecule has 0 spiro atoms. The molecule has 0 heterocycles. The first-order valence-corrected chi connectivity index (χ1v) is 7.19. The van der Waals surface area contributed by atoms with Crippen LogP contribution in [0.4, 0.5) is 0 Å². The molecule has 3 N–H and O–H groups in total. The van der Waals surface area contributed by atoms with Crippen LogP contribution in [0.1, 0.15) is 40.0 Å². The number of nitrogens with two attached hydrogens (primary N) is 1. The number of rotatable bonds is 4. The molecule has 5 nitrogen and oxygen atoms in total. The lowest BCUT2D eigenvalue weighted by Gasteiger charge is -2.34. The van der Waals surface area contributed by atoms with Crippen molar-refractivity contribution in [3.63, 3.8) is 0 Å². The largest absolute Gasteiger partial charge is 0.344 e. The molecule has 0 bridgehead atoms. The molecule has 1 fully saturated rings. The van der Waals surface area contributed by atoms with Gasteiger partial charge in [0.05, 0.1) is 5.92 Å². The smallest absolute Gasteiger partial charge is 0.244 e.